The number of benzene rings is 1. The van der Waals surface area contributed by atoms with Crippen LogP contribution in [0.5, 0.6) is 0 Å². The molecule has 1 aromatic carbocycles. The summed E-state index contributed by atoms with van der Waals surface area (Å²) in [5.41, 5.74) is 2.33. The van der Waals surface area contributed by atoms with Crippen LogP contribution in [0.3, 0.4) is 0 Å². The van der Waals surface area contributed by atoms with Gasteiger partial charge in [-0.3, -0.25) is 4.21 Å². The quantitative estimate of drug-likeness (QED) is 0.916. The molecule has 0 aliphatic carbocycles. The predicted molar refractivity (Wildman–Crippen MR) is 73.9 cm³/mol. The fraction of sp³-hybridized carbons (Fsp3) is 0.538. The van der Waals surface area contributed by atoms with Crippen molar-refractivity contribution in [1.29, 1.82) is 0 Å². The maximum absolute atomic E-state index is 11.2. The van der Waals surface area contributed by atoms with Crippen LogP contribution in [0.25, 0.3) is 0 Å². The average molecular weight is 272 g/mol. The number of rotatable bonds is 3. The summed E-state index contributed by atoms with van der Waals surface area (Å²) in [5.74, 6) is 1.67. The van der Waals surface area contributed by atoms with E-state index in [0.29, 0.717) is 6.04 Å². The molecule has 1 aliphatic rings. The van der Waals surface area contributed by atoms with E-state index >= 15 is 0 Å². The molecule has 0 bridgehead atoms. The Hall–Kier alpha value is -0.380. The highest BCUT2D eigenvalue weighted by Crippen LogP contribution is 2.18. The van der Waals surface area contributed by atoms with E-state index in [1.807, 2.05) is 13.0 Å². The van der Waals surface area contributed by atoms with Gasteiger partial charge in [-0.25, -0.2) is 0 Å². The van der Waals surface area contributed by atoms with Crippen LogP contribution < -0.4 is 5.32 Å². The monoisotopic (exact) mass is 271 g/mol. The molecule has 1 fully saturated rings. The summed E-state index contributed by atoms with van der Waals surface area (Å²) in [4.78, 5) is 0. The van der Waals surface area contributed by atoms with Crippen molar-refractivity contribution in [2.24, 2.45) is 0 Å². The van der Waals surface area contributed by atoms with E-state index in [-0.39, 0.29) is 0 Å². The highest BCUT2D eigenvalue weighted by atomic mass is 35.5. The van der Waals surface area contributed by atoms with Crippen molar-refractivity contribution in [1.82, 2.24) is 5.32 Å². The van der Waals surface area contributed by atoms with Gasteiger partial charge in [-0.05, 0) is 37.0 Å². The fourth-order valence-electron chi connectivity index (χ4n) is 2.05. The Labute approximate surface area is 110 Å². The van der Waals surface area contributed by atoms with Gasteiger partial charge in [-0.15, -0.1) is 0 Å². The molecule has 0 atom stereocenters. The molecule has 0 radical (unpaired) electrons. The van der Waals surface area contributed by atoms with Gasteiger partial charge < -0.3 is 5.32 Å². The zero-order chi connectivity index (χ0) is 12.3. The van der Waals surface area contributed by atoms with Gasteiger partial charge in [-0.1, -0.05) is 23.7 Å². The first-order valence-electron chi connectivity index (χ1n) is 5.98. The Balaban J connectivity index is 1.87. The molecule has 1 aromatic rings. The van der Waals surface area contributed by atoms with E-state index in [4.69, 9.17) is 11.6 Å². The lowest BCUT2D eigenvalue weighted by atomic mass is 10.1. The largest absolute Gasteiger partial charge is 0.310 e. The Morgan fingerprint density at radius 1 is 1.41 bits per heavy atom. The minimum atomic E-state index is -0.583. The highest BCUT2D eigenvalue weighted by Gasteiger charge is 2.17. The Morgan fingerprint density at radius 3 is 2.76 bits per heavy atom. The lowest BCUT2D eigenvalue weighted by Crippen LogP contribution is -2.35. The molecule has 0 amide bonds. The summed E-state index contributed by atoms with van der Waals surface area (Å²) in [6, 6.07) is 6.64. The molecule has 0 aromatic heterocycles. The smallest absolute Gasteiger partial charge is 0.0453 e. The predicted octanol–water partition coefficient (Wildman–Crippen LogP) is 2.65. The van der Waals surface area contributed by atoms with E-state index in [2.05, 4.69) is 17.4 Å². The third-order valence-electron chi connectivity index (χ3n) is 3.18. The molecule has 0 unspecified atom stereocenters. The van der Waals surface area contributed by atoms with E-state index in [9.17, 15) is 4.21 Å². The maximum atomic E-state index is 11.2. The van der Waals surface area contributed by atoms with Crippen LogP contribution in [0.4, 0.5) is 0 Å². The van der Waals surface area contributed by atoms with Gasteiger partial charge in [-0.2, -0.15) is 0 Å². The van der Waals surface area contributed by atoms with Gasteiger partial charge >= 0.3 is 0 Å². The number of aryl methyl sites for hydroxylation is 1. The number of hydrogen-bond acceptors (Lipinski definition) is 2. The molecule has 2 rings (SSSR count). The lowest BCUT2D eigenvalue weighted by molar-refractivity contribution is 0.475. The highest BCUT2D eigenvalue weighted by molar-refractivity contribution is 7.85. The van der Waals surface area contributed by atoms with Crippen LogP contribution in [-0.4, -0.2) is 21.8 Å². The first-order valence-corrected chi connectivity index (χ1v) is 7.85. The molecule has 1 heterocycles. The van der Waals surface area contributed by atoms with Gasteiger partial charge in [0.1, 0.15) is 0 Å². The van der Waals surface area contributed by atoms with Crippen molar-refractivity contribution < 1.29 is 4.21 Å². The molecule has 17 heavy (non-hydrogen) atoms. The normalized spacial score (nSPS) is 24.8. The van der Waals surface area contributed by atoms with Crippen molar-refractivity contribution >= 4 is 22.4 Å². The van der Waals surface area contributed by atoms with Crippen molar-refractivity contribution in [3.63, 3.8) is 0 Å². The van der Waals surface area contributed by atoms with Crippen LogP contribution in [0.15, 0.2) is 18.2 Å². The van der Waals surface area contributed by atoms with Gasteiger partial charge in [0, 0.05) is 39.9 Å². The SMILES string of the molecule is Cc1ccc(CNC2CCS(=O)CC2)c(Cl)c1. The summed E-state index contributed by atoms with van der Waals surface area (Å²) < 4.78 is 11.2. The molecule has 2 nitrogen and oxygen atoms in total. The first-order chi connectivity index (χ1) is 8.15. The van der Waals surface area contributed by atoms with E-state index in [0.717, 1.165) is 41.5 Å². The Kier molecular flexibility index (Phi) is 4.60. The molecule has 94 valence electrons. The van der Waals surface area contributed by atoms with Gasteiger partial charge in [0.05, 0.1) is 0 Å². The van der Waals surface area contributed by atoms with Crippen molar-refractivity contribution in [2.45, 2.75) is 32.4 Å². The minimum absolute atomic E-state index is 0.491. The second kappa shape index (κ2) is 5.98. The topological polar surface area (TPSA) is 29.1 Å². The van der Waals surface area contributed by atoms with Crippen LogP contribution in [0.2, 0.25) is 5.02 Å². The molecule has 0 saturated carbocycles. The second-order valence-corrected chi connectivity index (χ2v) is 6.70. The minimum Gasteiger partial charge on any atom is -0.310 e. The van der Waals surface area contributed by atoms with Crippen LogP contribution in [-0.2, 0) is 17.3 Å². The molecule has 4 heteroatoms. The number of halogens is 1. The van der Waals surface area contributed by atoms with E-state index in [1.165, 1.54) is 5.56 Å². The number of nitrogens with one attached hydrogen (secondary N) is 1. The maximum Gasteiger partial charge on any atom is 0.0453 e. The Bertz CT molecular complexity index is 412. The molecule has 0 spiro atoms. The van der Waals surface area contributed by atoms with Crippen molar-refractivity contribution in [2.75, 3.05) is 11.5 Å². The molecular formula is C13H18ClNOS. The van der Waals surface area contributed by atoms with E-state index in [1.54, 1.807) is 0 Å². The molecule has 1 N–H and O–H groups in total. The zero-order valence-corrected chi connectivity index (χ0v) is 11.6. The summed E-state index contributed by atoms with van der Waals surface area (Å²) in [7, 11) is -0.583. The third-order valence-corrected chi connectivity index (χ3v) is 4.91. The van der Waals surface area contributed by atoms with Crippen molar-refractivity contribution in [3.8, 4) is 0 Å². The first kappa shape index (κ1) is 13.1. The van der Waals surface area contributed by atoms with Crippen LogP contribution in [0.1, 0.15) is 24.0 Å². The third kappa shape index (κ3) is 3.80. The van der Waals surface area contributed by atoms with Gasteiger partial charge in [0.25, 0.3) is 0 Å². The lowest BCUT2D eigenvalue weighted by Gasteiger charge is -2.22. The zero-order valence-electron chi connectivity index (χ0n) is 10.0. The number of hydrogen-bond donors (Lipinski definition) is 1. The summed E-state index contributed by atoms with van der Waals surface area (Å²) in [5, 5.41) is 4.33. The molecule has 1 saturated heterocycles. The average Bonchev–Trinajstić information content (AvgIpc) is 2.30. The van der Waals surface area contributed by atoms with Crippen LogP contribution >= 0.6 is 11.6 Å². The van der Waals surface area contributed by atoms with Gasteiger partial charge in [0.2, 0.25) is 0 Å². The standard InChI is InChI=1S/C13H18ClNOS/c1-10-2-3-11(13(14)8-10)9-15-12-4-6-17(16)7-5-12/h2-3,8,12,15H,4-7,9H2,1H3. The summed E-state index contributed by atoms with van der Waals surface area (Å²) >= 11 is 6.18. The fourth-order valence-corrected chi connectivity index (χ4v) is 3.65. The molecular weight excluding hydrogens is 254 g/mol. The molecule has 1 aliphatic heterocycles. The van der Waals surface area contributed by atoms with E-state index < -0.39 is 10.8 Å². The Morgan fingerprint density at radius 2 is 2.12 bits per heavy atom. The van der Waals surface area contributed by atoms with Gasteiger partial charge in [0.15, 0.2) is 0 Å². The van der Waals surface area contributed by atoms with Crippen LogP contribution in [0, 0.1) is 6.92 Å². The summed E-state index contributed by atoms with van der Waals surface area (Å²) in [6.07, 6.45) is 2.02. The second-order valence-electron chi connectivity index (χ2n) is 4.60. The summed E-state index contributed by atoms with van der Waals surface area (Å²) in [6.45, 7) is 2.84. The van der Waals surface area contributed by atoms with Crippen molar-refractivity contribution in [3.05, 3.63) is 34.3 Å².